The maximum Gasteiger partial charge on any atom is 0.244 e. The molecule has 7 heteroatoms. The maximum absolute atomic E-state index is 12.1. The Bertz CT molecular complexity index is 890. The van der Waals surface area contributed by atoms with Crippen molar-refractivity contribution in [1.29, 1.82) is 0 Å². The Morgan fingerprint density at radius 2 is 1.78 bits per heavy atom. The zero-order chi connectivity index (χ0) is 19.7. The molecule has 0 saturated heterocycles. The quantitative estimate of drug-likeness (QED) is 0.511. The number of para-hydroxylation sites is 1. The number of benzene rings is 2. The van der Waals surface area contributed by atoms with Gasteiger partial charge in [-0.25, -0.2) is 13.1 Å². The van der Waals surface area contributed by atoms with Gasteiger partial charge in [-0.2, -0.15) is 0 Å². The van der Waals surface area contributed by atoms with Gasteiger partial charge < -0.3 is 10.1 Å². The normalized spacial score (nSPS) is 11.5. The minimum absolute atomic E-state index is 0.103. The Kier molecular flexibility index (Phi) is 7.57. The average molecular weight is 388 g/mol. The van der Waals surface area contributed by atoms with E-state index in [2.05, 4.69) is 10.0 Å². The molecular weight excluding hydrogens is 364 g/mol. The Hall–Kier alpha value is -2.64. The van der Waals surface area contributed by atoms with E-state index in [1.807, 2.05) is 38.1 Å². The number of rotatable bonds is 9. The Morgan fingerprint density at radius 3 is 2.48 bits per heavy atom. The van der Waals surface area contributed by atoms with Crippen LogP contribution < -0.4 is 14.8 Å². The molecule has 2 aromatic rings. The topological polar surface area (TPSA) is 84.5 Å². The monoisotopic (exact) mass is 388 g/mol. The van der Waals surface area contributed by atoms with E-state index in [1.54, 1.807) is 30.3 Å². The highest BCUT2D eigenvalue weighted by Gasteiger charge is 2.12. The summed E-state index contributed by atoms with van der Waals surface area (Å²) >= 11 is 0. The summed E-state index contributed by atoms with van der Waals surface area (Å²) in [6.45, 7) is 4.61. The number of hydrogen-bond donors (Lipinski definition) is 2. The largest absolute Gasteiger partial charge is 0.493 e. The summed E-state index contributed by atoms with van der Waals surface area (Å²) in [4.78, 5) is 12.1. The second-order valence-electron chi connectivity index (χ2n) is 5.81. The fourth-order valence-electron chi connectivity index (χ4n) is 2.30. The summed E-state index contributed by atoms with van der Waals surface area (Å²) in [7, 11) is -3.58. The predicted molar refractivity (Wildman–Crippen MR) is 106 cm³/mol. The van der Waals surface area contributed by atoms with E-state index in [0.29, 0.717) is 12.4 Å². The highest BCUT2D eigenvalue weighted by Crippen LogP contribution is 2.19. The van der Waals surface area contributed by atoms with Gasteiger partial charge >= 0.3 is 0 Å². The third kappa shape index (κ3) is 6.54. The molecule has 0 aliphatic heterocycles. The van der Waals surface area contributed by atoms with Gasteiger partial charge in [0.15, 0.2) is 0 Å². The molecule has 2 aromatic carbocycles. The first-order valence-electron chi connectivity index (χ1n) is 8.66. The maximum atomic E-state index is 12.1. The number of hydrogen-bond acceptors (Lipinski definition) is 4. The van der Waals surface area contributed by atoms with Gasteiger partial charge in [0, 0.05) is 24.7 Å². The predicted octanol–water partition coefficient (Wildman–Crippen LogP) is 2.50. The van der Waals surface area contributed by atoms with Crippen molar-refractivity contribution in [3.63, 3.8) is 0 Å². The molecule has 0 fully saturated rings. The molecule has 0 spiro atoms. The van der Waals surface area contributed by atoms with E-state index in [4.69, 9.17) is 4.74 Å². The second-order valence-corrected chi connectivity index (χ2v) is 7.57. The van der Waals surface area contributed by atoms with Gasteiger partial charge in [0.05, 0.1) is 11.5 Å². The lowest BCUT2D eigenvalue weighted by atomic mass is 10.2. The molecule has 0 aliphatic rings. The molecule has 0 unspecified atom stereocenters. The number of sulfonamides is 1. The van der Waals surface area contributed by atoms with Gasteiger partial charge in [0.25, 0.3) is 0 Å². The smallest absolute Gasteiger partial charge is 0.244 e. The van der Waals surface area contributed by atoms with Crippen LogP contribution in [0, 0.1) is 6.92 Å². The van der Waals surface area contributed by atoms with Crippen molar-refractivity contribution < 1.29 is 17.9 Å². The van der Waals surface area contributed by atoms with E-state index < -0.39 is 10.0 Å². The van der Waals surface area contributed by atoms with E-state index in [-0.39, 0.29) is 23.9 Å². The Labute approximate surface area is 160 Å². The molecule has 0 radical (unpaired) electrons. The third-order valence-electron chi connectivity index (χ3n) is 3.68. The van der Waals surface area contributed by atoms with Crippen LogP contribution in [-0.4, -0.2) is 34.0 Å². The van der Waals surface area contributed by atoms with Crippen LogP contribution in [-0.2, 0) is 14.8 Å². The fraction of sp³-hybridized carbons (Fsp3) is 0.250. The fourth-order valence-corrected chi connectivity index (χ4v) is 3.33. The Morgan fingerprint density at radius 1 is 1.07 bits per heavy atom. The van der Waals surface area contributed by atoms with Crippen LogP contribution in [0.15, 0.2) is 59.5 Å². The summed E-state index contributed by atoms with van der Waals surface area (Å²) in [5.74, 6) is 0.394. The summed E-state index contributed by atoms with van der Waals surface area (Å²) in [6, 6.07) is 14.0. The lowest BCUT2D eigenvalue weighted by Crippen LogP contribution is -2.34. The van der Waals surface area contributed by atoms with Crippen molar-refractivity contribution >= 4 is 22.0 Å². The first kappa shape index (κ1) is 20.7. The van der Waals surface area contributed by atoms with Gasteiger partial charge in [-0.1, -0.05) is 35.9 Å². The molecule has 27 heavy (non-hydrogen) atoms. The molecule has 0 bridgehead atoms. The van der Waals surface area contributed by atoms with Crippen LogP contribution in [0.25, 0.3) is 6.08 Å². The van der Waals surface area contributed by atoms with Crippen molar-refractivity contribution in [2.75, 3.05) is 19.7 Å². The molecule has 0 saturated carbocycles. The molecule has 2 rings (SSSR count). The van der Waals surface area contributed by atoms with E-state index in [9.17, 15) is 13.2 Å². The summed E-state index contributed by atoms with van der Waals surface area (Å²) in [5, 5.41) is 2.64. The van der Waals surface area contributed by atoms with Crippen molar-refractivity contribution in [2.45, 2.75) is 18.7 Å². The zero-order valence-electron chi connectivity index (χ0n) is 15.4. The van der Waals surface area contributed by atoms with Gasteiger partial charge in [-0.05, 0) is 38.1 Å². The van der Waals surface area contributed by atoms with Crippen molar-refractivity contribution in [3.05, 3.63) is 65.7 Å². The summed E-state index contributed by atoms with van der Waals surface area (Å²) in [6.07, 6.45) is 3.06. The molecule has 144 valence electrons. The number of amides is 1. The van der Waals surface area contributed by atoms with Crippen molar-refractivity contribution in [2.24, 2.45) is 0 Å². The Balaban J connectivity index is 1.82. The molecule has 0 atom stereocenters. The number of aryl methyl sites for hydroxylation is 1. The highest BCUT2D eigenvalue weighted by atomic mass is 32.2. The first-order chi connectivity index (χ1) is 12.9. The van der Waals surface area contributed by atoms with Gasteiger partial charge in [0.2, 0.25) is 15.9 Å². The standard InChI is InChI=1S/C20H24N2O4S/c1-3-26-19-7-5-4-6-17(19)10-13-20(23)21-14-15-22-27(24,25)18-11-8-16(2)9-12-18/h4-13,22H,3,14-15H2,1-2H3,(H,21,23)/b13-10+. The minimum atomic E-state index is -3.58. The van der Waals surface area contributed by atoms with Gasteiger partial charge in [0.1, 0.15) is 5.75 Å². The highest BCUT2D eigenvalue weighted by molar-refractivity contribution is 7.89. The van der Waals surface area contributed by atoms with Crippen LogP contribution >= 0.6 is 0 Å². The molecule has 6 nitrogen and oxygen atoms in total. The second kappa shape index (κ2) is 9.89. The SMILES string of the molecule is CCOc1ccccc1/C=C/C(=O)NCCNS(=O)(=O)c1ccc(C)cc1. The number of ether oxygens (including phenoxy) is 1. The van der Waals surface area contributed by atoms with Crippen LogP contribution in [0.2, 0.25) is 0 Å². The number of nitrogens with one attached hydrogen (secondary N) is 2. The first-order valence-corrected chi connectivity index (χ1v) is 10.1. The molecule has 2 N–H and O–H groups in total. The van der Waals surface area contributed by atoms with Crippen LogP contribution in [0.5, 0.6) is 5.75 Å². The van der Waals surface area contributed by atoms with Gasteiger partial charge in [-0.3, -0.25) is 4.79 Å². The lowest BCUT2D eigenvalue weighted by Gasteiger charge is -2.08. The van der Waals surface area contributed by atoms with E-state index in [0.717, 1.165) is 11.1 Å². The van der Waals surface area contributed by atoms with Gasteiger partial charge in [-0.15, -0.1) is 0 Å². The number of carbonyl (C=O) groups excluding carboxylic acids is 1. The van der Waals surface area contributed by atoms with Crippen molar-refractivity contribution in [3.8, 4) is 5.75 Å². The van der Waals surface area contributed by atoms with E-state index >= 15 is 0 Å². The van der Waals surface area contributed by atoms with E-state index in [1.165, 1.54) is 6.08 Å². The van der Waals surface area contributed by atoms with Crippen LogP contribution in [0.3, 0.4) is 0 Å². The zero-order valence-corrected chi connectivity index (χ0v) is 16.3. The third-order valence-corrected chi connectivity index (χ3v) is 5.16. The average Bonchev–Trinajstić information content (AvgIpc) is 2.65. The van der Waals surface area contributed by atoms with Crippen LogP contribution in [0.4, 0.5) is 0 Å². The van der Waals surface area contributed by atoms with Crippen LogP contribution in [0.1, 0.15) is 18.1 Å². The molecule has 0 heterocycles. The lowest BCUT2D eigenvalue weighted by molar-refractivity contribution is -0.116. The molecule has 0 aromatic heterocycles. The summed E-state index contributed by atoms with van der Waals surface area (Å²) < 4.78 is 32.3. The molecule has 0 aliphatic carbocycles. The minimum Gasteiger partial charge on any atom is -0.493 e. The number of carbonyl (C=O) groups is 1. The molecule has 1 amide bonds. The van der Waals surface area contributed by atoms with Crippen molar-refractivity contribution in [1.82, 2.24) is 10.0 Å². The summed E-state index contributed by atoms with van der Waals surface area (Å²) in [5.41, 5.74) is 1.79. The molecular formula is C20H24N2O4S.